The third-order valence-corrected chi connectivity index (χ3v) is 5.29. The molecule has 0 radical (unpaired) electrons. The summed E-state index contributed by atoms with van der Waals surface area (Å²) in [6.07, 6.45) is 1.30. The number of aryl methyl sites for hydroxylation is 1. The van der Waals surface area contributed by atoms with E-state index in [2.05, 4.69) is 4.98 Å². The van der Waals surface area contributed by atoms with Crippen molar-refractivity contribution in [1.82, 2.24) is 9.55 Å². The van der Waals surface area contributed by atoms with E-state index in [0.717, 1.165) is 5.56 Å². The average molecular weight is 423 g/mol. The highest BCUT2D eigenvalue weighted by Crippen LogP contribution is 2.18. The summed E-state index contributed by atoms with van der Waals surface area (Å²) in [5, 5.41) is 0. The number of benzene rings is 2. The maximum Gasteiger partial charge on any atom is 0.254 e. The number of hydrogen-bond donors (Lipinski definition) is 0. The lowest BCUT2D eigenvalue weighted by molar-refractivity contribution is -0.120. The molecule has 1 heterocycles. The smallest absolute Gasteiger partial charge is 0.254 e. The van der Waals surface area contributed by atoms with Crippen LogP contribution in [0.4, 0.5) is 4.39 Å². The molecule has 3 aromatic rings. The Balaban J connectivity index is 1.65. The van der Waals surface area contributed by atoms with Crippen LogP contribution in [0.3, 0.4) is 0 Å². The Morgan fingerprint density at radius 2 is 1.81 bits per heavy atom. The van der Waals surface area contributed by atoms with Crippen LogP contribution in [0.1, 0.15) is 32.2 Å². The molecule has 0 aliphatic carbocycles. The first kappa shape index (κ1) is 22.4. The van der Waals surface area contributed by atoms with Crippen molar-refractivity contribution in [3.05, 3.63) is 82.2 Å². The number of carbonyl (C=O) groups excluding carboxylic acids is 1. The van der Waals surface area contributed by atoms with E-state index in [1.165, 1.54) is 18.2 Å². The molecule has 0 saturated carbocycles. The highest BCUT2D eigenvalue weighted by atomic mass is 19.1. The van der Waals surface area contributed by atoms with Crippen LogP contribution in [-0.2, 0) is 24.2 Å². The molecule has 0 fully saturated rings. The number of ether oxygens (including phenoxy) is 1. The maximum absolute atomic E-state index is 13.2. The van der Waals surface area contributed by atoms with Crippen LogP contribution in [0.25, 0.3) is 11.3 Å². The van der Waals surface area contributed by atoms with Crippen molar-refractivity contribution in [2.24, 2.45) is 5.92 Å². The first-order valence-electron chi connectivity index (χ1n) is 10.5. The summed E-state index contributed by atoms with van der Waals surface area (Å²) in [7, 11) is 0. The summed E-state index contributed by atoms with van der Waals surface area (Å²) in [5.41, 5.74) is 2.16. The quantitative estimate of drug-likeness (QED) is 0.511. The molecule has 2 aromatic carbocycles. The molecule has 0 N–H and O–H groups in total. The molecular weight excluding hydrogens is 395 g/mol. The molecule has 0 bridgehead atoms. The third kappa shape index (κ3) is 5.87. The molecule has 6 heteroatoms. The monoisotopic (exact) mass is 422 g/mol. The average Bonchev–Trinajstić information content (AvgIpc) is 2.76. The summed E-state index contributed by atoms with van der Waals surface area (Å²) >= 11 is 0. The van der Waals surface area contributed by atoms with Gasteiger partial charge in [-0.2, -0.15) is 0 Å². The molecule has 1 atom stereocenters. The molecule has 0 spiro atoms. The number of Topliss-reactive ketones (excluding diaryl/α,β-unsaturated/α-hetero) is 1. The van der Waals surface area contributed by atoms with Crippen molar-refractivity contribution in [3.8, 4) is 17.0 Å². The fourth-order valence-corrected chi connectivity index (χ4v) is 3.31. The van der Waals surface area contributed by atoms with Gasteiger partial charge in [-0.15, -0.1) is 0 Å². The van der Waals surface area contributed by atoms with Crippen molar-refractivity contribution in [2.75, 3.05) is 6.61 Å². The summed E-state index contributed by atoms with van der Waals surface area (Å²) in [4.78, 5) is 28.7. The zero-order valence-corrected chi connectivity index (χ0v) is 18.1. The summed E-state index contributed by atoms with van der Waals surface area (Å²) in [6, 6.07) is 15.1. The van der Waals surface area contributed by atoms with Gasteiger partial charge < -0.3 is 4.74 Å². The van der Waals surface area contributed by atoms with Crippen LogP contribution in [0.5, 0.6) is 5.75 Å². The molecule has 0 aliphatic rings. The molecule has 31 heavy (non-hydrogen) atoms. The number of aromatic nitrogens is 2. The van der Waals surface area contributed by atoms with Crippen LogP contribution in [0, 0.1) is 11.7 Å². The van der Waals surface area contributed by atoms with E-state index in [1.54, 1.807) is 23.6 Å². The minimum atomic E-state index is -0.327. The van der Waals surface area contributed by atoms with Gasteiger partial charge in [0.2, 0.25) is 0 Å². The highest BCUT2D eigenvalue weighted by molar-refractivity contribution is 5.78. The van der Waals surface area contributed by atoms with Gasteiger partial charge in [-0.3, -0.25) is 14.2 Å². The third-order valence-electron chi connectivity index (χ3n) is 5.29. The van der Waals surface area contributed by atoms with Crippen molar-refractivity contribution in [3.63, 3.8) is 0 Å². The Bertz CT molecular complexity index is 1090. The lowest BCUT2D eigenvalue weighted by Gasteiger charge is -2.14. The van der Waals surface area contributed by atoms with E-state index >= 15 is 0 Å². The summed E-state index contributed by atoms with van der Waals surface area (Å²) in [6.45, 7) is 6.17. The van der Waals surface area contributed by atoms with Gasteiger partial charge in [0.15, 0.2) is 0 Å². The van der Waals surface area contributed by atoms with Crippen LogP contribution in [-0.4, -0.2) is 21.9 Å². The van der Waals surface area contributed by atoms with Crippen LogP contribution in [0.2, 0.25) is 0 Å². The predicted molar refractivity (Wildman–Crippen MR) is 119 cm³/mol. The Morgan fingerprint density at radius 3 is 2.42 bits per heavy atom. The number of halogens is 1. The van der Waals surface area contributed by atoms with Crippen molar-refractivity contribution >= 4 is 5.78 Å². The Labute approximate surface area is 181 Å². The fraction of sp³-hybridized carbons (Fsp3) is 0.320. The standard InChI is InChI=1S/C25H27FN2O3/c1-4-24-27-23(20-7-9-21(26)10-8-20)16-25(30)28(24)13-14-31-22-11-5-19(6-12-22)15-17(2)18(3)29/h5-12,16-17H,4,13-15H2,1-3H3. The van der Waals surface area contributed by atoms with E-state index in [0.29, 0.717) is 48.8 Å². The second-order valence-electron chi connectivity index (χ2n) is 7.62. The van der Waals surface area contributed by atoms with Crippen molar-refractivity contribution < 1.29 is 13.9 Å². The first-order chi connectivity index (χ1) is 14.9. The molecule has 3 rings (SSSR count). The van der Waals surface area contributed by atoms with Crippen LogP contribution < -0.4 is 10.3 Å². The molecule has 5 nitrogen and oxygen atoms in total. The molecule has 0 aliphatic heterocycles. The van der Waals surface area contributed by atoms with E-state index < -0.39 is 0 Å². The normalized spacial score (nSPS) is 11.9. The number of hydrogen-bond acceptors (Lipinski definition) is 4. The van der Waals surface area contributed by atoms with Crippen LogP contribution >= 0.6 is 0 Å². The van der Waals surface area contributed by atoms with Gasteiger partial charge in [-0.25, -0.2) is 9.37 Å². The lowest BCUT2D eigenvalue weighted by atomic mass is 9.98. The molecular formula is C25H27FN2O3. The van der Waals surface area contributed by atoms with Gasteiger partial charge in [0.05, 0.1) is 12.2 Å². The Hall–Kier alpha value is -3.28. The van der Waals surface area contributed by atoms with E-state index in [4.69, 9.17) is 4.74 Å². The number of rotatable bonds is 9. The van der Waals surface area contributed by atoms with E-state index in [-0.39, 0.29) is 23.1 Å². The summed E-state index contributed by atoms with van der Waals surface area (Å²) < 4.78 is 20.6. The second-order valence-corrected chi connectivity index (χ2v) is 7.62. The zero-order valence-electron chi connectivity index (χ0n) is 18.1. The van der Waals surface area contributed by atoms with E-state index in [9.17, 15) is 14.0 Å². The van der Waals surface area contributed by atoms with Crippen LogP contribution in [0.15, 0.2) is 59.4 Å². The SMILES string of the molecule is CCc1nc(-c2ccc(F)cc2)cc(=O)n1CCOc1ccc(CC(C)C(C)=O)cc1. The predicted octanol–water partition coefficient (Wildman–Crippen LogP) is 4.46. The van der Waals surface area contributed by atoms with Crippen molar-refractivity contribution in [2.45, 2.75) is 40.2 Å². The highest BCUT2D eigenvalue weighted by Gasteiger charge is 2.10. The van der Waals surface area contributed by atoms with Gasteiger partial charge in [0.1, 0.15) is 29.8 Å². The molecule has 1 aromatic heterocycles. The maximum atomic E-state index is 13.2. The molecule has 162 valence electrons. The van der Waals surface area contributed by atoms with E-state index in [1.807, 2.05) is 38.1 Å². The van der Waals surface area contributed by atoms with Gasteiger partial charge in [-0.1, -0.05) is 26.0 Å². The topological polar surface area (TPSA) is 61.2 Å². The molecule has 1 unspecified atom stereocenters. The number of carbonyl (C=O) groups is 1. The zero-order chi connectivity index (χ0) is 22.4. The minimum Gasteiger partial charge on any atom is -0.492 e. The Kier molecular flexibility index (Phi) is 7.34. The first-order valence-corrected chi connectivity index (χ1v) is 10.5. The Morgan fingerprint density at radius 1 is 1.13 bits per heavy atom. The molecule has 0 amide bonds. The second kappa shape index (κ2) is 10.2. The largest absolute Gasteiger partial charge is 0.492 e. The van der Waals surface area contributed by atoms with Crippen molar-refractivity contribution in [1.29, 1.82) is 0 Å². The summed E-state index contributed by atoms with van der Waals surface area (Å²) in [5.74, 6) is 1.21. The lowest BCUT2D eigenvalue weighted by Crippen LogP contribution is -2.27. The van der Waals surface area contributed by atoms with Gasteiger partial charge in [-0.05, 0) is 55.3 Å². The minimum absolute atomic E-state index is 0.00325. The number of ketones is 1. The van der Waals surface area contributed by atoms with Gasteiger partial charge >= 0.3 is 0 Å². The fourth-order valence-electron chi connectivity index (χ4n) is 3.31. The van der Waals surface area contributed by atoms with Gasteiger partial charge in [0.25, 0.3) is 5.56 Å². The van der Waals surface area contributed by atoms with Gasteiger partial charge in [0, 0.05) is 24.0 Å². The number of nitrogens with zero attached hydrogens (tertiary/aromatic N) is 2. The molecule has 0 saturated heterocycles.